The average Bonchev–Trinajstić information content (AvgIpc) is 2.93. The average molecular weight is 568 g/mol. The van der Waals surface area contributed by atoms with Gasteiger partial charge in [0.1, 0.15) is 40.9 Å². The van der Waals surface area contributed by atoms with Gasteiger partial charge in [-0.15, -0.1) is 0 Å². The minimum Gasteiger partial charge on any atom is -0.382 e. The van der Waals surface area contributed by atoms with Crippen molar-refractivity contribution in [1.82, 2.24) is 24.5 Å². The Bertz CT molecular complexity index is 1870. The van der Waals surface area contributed by atoms with Gasteiger partial charge in [-0.05, 0) is 53.3 Å². The fourth-order valence-electron chi connectivity index (χ4n) is 4.31. The number of nitrogen functional groups attached to an aromatic ring is 1. The van der Waals surface area contributed by atoms with Gasteiger partial charge in [0.05, 0.1) is 27.8 Å². The zero-order valence-electron chi connectivity index (χ0n) is 22.7. The number of anilines is 2. The number of fused-ring (bicyclic) bond motifs is 1. The van der Waals surface area contributed by atoms with Gasteiger partial charge in [0.25, 0.3) is 5.56 Å². The zero-order chi connectivity index (χ0) is 29.1. The minimum atomic E-state index is -0.450. The number of pyridine rings is 1. The highest BCUT2D eigenvalue weighted by molar-refractivity contribution is 6.35. The molecule has 3 heterocycles. The van der Waals surface area contributed by atoms with Gasteiger partial charge in [-0.25, -0.2) is 24.3 Å². The van der Waals surface area contributed by atoms with E-state index in [1.54, 1.807) is 22.8 Å². The van der Waals surface area contributed by atoms with Crippen molar-refractivity contribution in [2.24, 2.45) is 0 Å². The van der Waals surface area contributed by atoms with Gasteiger partial charge < -0.3 is 11.1 Å². The number of aromatic nitrogens is 5. The number of rotatable bonds is 5. The summed E-state index contributed by atoms with van der Waals surface area (Å²) >= 11 is 6.45. The van der Waals surface area contributed by atoms with Crippen LogP contribution >= 0.6 is 11.6 Å². The van der Waals surface area contributed by atoms with E-state index in [2.05, 4.69) is 52.9 Å². The molecule has 10 heteroatoms. The summed E-state index contributed by atoms with van der Waals surface area (Å²) in [4.78, 5) is 31.0. The second-order valence-corrected chi connectivity index (χ2v) is 10.8. The Morgan fingerprint density at radius 1 is 1.05 bits per heavy atom. The number of nitrogens with zero attached hydrogens (tertiary/aromatic N) is 5. The van der Waals surface area contributed by atoms with Crippen LogP contribution in [0.25, 0.3) is 16.6 Å². The molecule has 0 spiro atoms. The van der Waals surface area contributed by atoms with Crippen LogP contribution < -0.4 is 16.6 Å². The summed E-state index contributed by atoms with van der Waals surface area (Å²) in [6.45, 7) is 6.72. The Kier molecular flexibility index (Phi) is 7.68. The van der Waals surface area contributed by atoms with Crippen LogP contribution in [0.2, 0.25) is 5.02 Å². The lowest BCUT2D eigenvalue weighted by Crippen LogP contribution is -2.26. The van der Waals surface area contributed by atoms with E-state index < -0.39 is 5.82 Å². The third-order valence-corrected chi connectivity index (χ3v) is 6.76. The van der Waals surface area contributed by atoms with Crippen molar-refractivity contribution in [3.05, 3.63) is 111 Å². The van der Waals surface area contributed by atoms with Gasteiger partial charge in [-0.1, -0.05) is 56.5 Å². The molecule has 0 saturated carbocycles. The van der Waals surface area contributed by atoms with Crippen molar-refractivity contribution in [2.45, 2.75) is 32.6 Å². The topological polar surface area (TPSA) is 112 Å². The molecule has 0 fully saturated rings. The molecule has 206 valence electrons. The normalized spacial score (nSPS) is 11.2. The van der Waals surface area contributed by atoms with Gasteiger partial charge in [-0.3, -0.25) is 9.36 Å². The predicted octanol–water partition coefficient (Wildman–Crippen LogP) is 5.30. The van der Waals surface area contributed by atoms with Gasteiger partial charge in [0.15, 0.2) is 0 Å². The molecule has 0 atom stereocenters. The quantitative estimate of drug-likeness (QED) is 0.277. The third-order valence-electron chi connectivity index (χ3n) is 6.45. The van der Waals surface area contributed by atoms with E-state index >= 15 is 0 Å². The zero-order valence-corrected chi connectivity index (χ0v) is 23.5. The number of nitrogens with one attached hydrogen (secondary N) is 1. The summed E-state index contributed by atoms with van der Waals surface area (Å²) in [5, 5.41) is 3.96. The van der Waals surface area contributed by atoms with Crippen LogP contribution in [-0.4, -0.2) is 31.0 Å². The Hall–Kier alpha value is -4.81. The van der Waals surface area contributed by atoms with Gasteiger partial charge in [0.2, 0.25) is 0 Å². The fourth-order valence-corrected chi connectivity index (χ4v) is 4.56. The number of hydrogen-bond acceptors (Lipinski definition) is 7. The number of benzene rings is 2. The summed E-state index contributed by atoms with van der Waals surface area (Å²) in [5.74, 6) is 6.49. The Morgan fingerprint density at radius 3 is 2.61 bits per heavy atom. The van der Waals surface area contributed by atoms with Crippen molar-refractivity contribution < 1.29 is 4.39 Å². The Labute approximate surface area is 241 Å². The molecule has 0 aliphatic carbocycles. The second kappa shape index (κ2) is 11.4. The van der Waals surface area contributed by atoms with E-state index in [1.165, 1.54) is 18.5 Å². The molecule has 0 saturated heterocycles. The van der Waals surface area contributed by atoms with Gasteiger partial charge in [0, 0.05) is 13.0 Å². The lowest BCUT2D eigenvalue weighted by molar-refractivity contribution is 0.589. The van der Waals surface area contributed by atoms with Gasteiger partial charge >= 0.3 is 0 Å². The molecule has 5 aromatic rings. The first kappa shape index (κ1) is 27.7. The first-order valence-corrected chi connectivity index (χ1v) is 13.3. The van der Waals surface area contributed by atoms with Crippen LogP contribution in [0.1, 0.15) is 43.4 Å². The van der Waals surface area contributed by atoms with Crippen molar-refractivity contribution in [1.29, 1.82) is 0 Å². The van der Waals surface area contributed by atoms with E-state index in [0.717, 1.165) is 11.8 Å². The standard InChI is InChI=1S/C31H27ClFN7O/c1-31(2,3)19-6-4-7-22(16-19)40-26(39-25-9-5-8-24(32)27(25)30(40)41)14-15-35-29-23(28(34)37-18-38-29)13-12-21-11-10-20(33)17-36-21/h4-11,16-18H,14-15H2,1-3H3,(H3,34,35,37,38). The number of nitrogens with two attached hydrogens (primary N) is 1. The maximum absolute atomic E-state index is 13.8. The first-order valence-electron chi connectivity index (χ1n) is 12.9. The first-order chi connectivity index (χ1) is 19.6. The van der Waals surface area contributed by atoms with E-state index in [1.807, 2.05) is 24.3 Å². The monoisotopic (exact) mass is 567 g/mol. The van der Waals surface area contributed by atoms with Crippen molar-refractivity contribution in [3.63, 3.8) is 0 Å². The van der Waals surface area contributed by atoms with E-state index in [9.17, 15) is 9.18 Å². The lowest BCUT2D eigenvalue weighted by atomic mass is 9.87. The van der Waals surface area contributed by atoms with E-state index in [4.69, 9.17) is 22.3 Å². The highest BCUT2D eigenvalue weighted by Crippen LogP contribution is 2.26. The SMILES string of the molecule is CC(C)(C)c1cccc(-n2c(CCNc3ncnc(N)c3C#Cc3ccc(F)cn3)nc3cccc(Cl)c3c2=O)c1. The largest absolute Gasteiger partial charge is 0.382 e. The molecule has 3 N–H and O–H groups in total. The van der Waals surface area contributed by atoms with E-state index in [0.29, 0.717) is 57.5 Å². The molecule has 5 rings (SSSR count). The highest BCUT2D eigenvalue weighted by Gasteiger charge is 2.18. The van der Waals surface area contributed by atoms with Crippen LogP contribution in [0.5, 0.6) is 0 Å². The van der Waals surface area contributed by atoms with Crippen LogP contribution in [0.15, 0.2) is 71.9 Å². The van der Waals surface area contributed by atoms with Crippen LogP contribution in [0, 0.1) is 17.7 Å². The summed E-state index contributed by atoms with van der Waals surface area (Å²) in [6.07, 6.45) is 2.80. The van der Waals surface area contributed by atoms with Crippen LogP contribution in [0.3, 0.4) is 0 Å². The molecular weight excluding hydrogens is 541 g/mol. The molecule has 0 amide bonds. The summed E-state index contributed by atoms with van der Waals surface area (Å²) in [7, 11) is 0. The lowest BCUT2D eigenvalue weighted by Gasteiger charge is -2.21. The molecule has 41 heavy (non-hydrogen) atoms. The maximum Gasteiger partial charge on any atom is 0.267 e. The third kappa shape index (κ3) is 6.03. The fraction of sp³-hybridized carbons (Fsp3) is 0.194. The second-order valence-electron chi connectivity index (χ2n) is 10.4. The van der Waals surface area contributed by atoms with Crippen molar-refractivity contribution >= 4 is 34.1 Å². The highest BCUT2D eigenvalue weighted by atomic mass is 35.5. The molecule has 0 aliphatic rings. The molecule has 0 radical (unpaired) electrons. The number of hydrogen-bond donors (Lipinski definition) is 2. The molecule has 0 bridgehead atoms. The minimum absolute atomic E-state index is 0.114. The Morgan fingerprint density at radius 2 is 1.85 bits per heavy atom. The van der Waals surface area contributed by atoms with Crippen LogP contribution in [0.4, 0.5) is 16.0 Å². The van der Waals surface area contributed by atoms with Crippen LogP contribution in [-0.2, 0) is 11.8 Å². The molecule has 0 unspecified atom stereocenters. The summed E-state index contributed by atoms with van der Waals surface area (Å²) in [6, 6.07) is 15.9. The molecule has 0 aliphatic heterocycles. The maximum atomic E-state index is 13.8. The summed E-state index contributed by atoms with van der Waals surface area (Å²) in [5.41, 5.74) is 8.80. The number of halogens is 2. The molecule has 2 aromatic carbocycles. The molecular formula is C31H27ClFN7O. The van der Waals surface area contributed by atoms with E-state index in [-0.39, 0.29) is 16.8 Å². The Balaban J connectivity index is 1.50. The molecule has 3 aromatic heterocycles. The summed E-state index contributed by atoms with van der Waals surface area (Å²) < 4.78 is 14.8. The van der Waals surface area contributed by atoms with Crippen molar-refractivity contribution in [3.8, 4) is 17.5 Å². The van der Waals surface area contributed by atoms with Crippen molar-refractivity contribution in [2.75, 3.05) is 17.6 Å². The predicted molar refractivity (Wildman–Crippen MR) is 160 cm³/mol. The smallest absolute Gasteiger partial charge is 0.267 e. The van der Waals surface area contributed by atoms with Gasteiger partial charge in [-0.2, -0.15) is 0 Å². The molecule has 8 nitrogen and oxygen atoms in total.